The van der Waals surface area contributed by atoms with Crippen molar-refractivity contribution >= 4 is 28.2 Å². The summed E-state index contributed by atoms with van der Waals surface area (Å²) in [5.74, 6) is 0.920. The fraction of sp³-hybridized carbons (Fsp3) is 0.375. The highest BCUT2D eigenvalue weighted by molar-refractivity contribution is 7.15. The second-order valence-corrected chi connectivity index (χ2v) is 9.73. The third-order valence-corrected chi connectivity index (χ3v) is 6.62. The first-order valence-electron chi connectivity index (χ1n) is 10.4. The first-order valence-corrected chi connectivity index (χ1v) is 11.2. The minimum atomic E-state index is -0.579. The van der Waals surface area contributed by atoms with E-state index >= 15 is 0 Å². The Morgan fingerprint density at radius 1 is 1.17 bits per heavy atom. The predicted octanol–water partition coefficient (Wildman–Crippen LogP) is 5.54. The van der Waals surface area contributed by atoms with Crippen LogP contribution in [-0.4, -0.2) is 27.3 Å². The Morgan fingerprint density at radius 3 is 2.63 bits per heavy atom. The largest absolute Gasteiger partial charge is 0.333 e. The quantitative estimate of drug-likeness (QED) is 0.589. The van der Waals surface area contributed by atoms with Gasteiger partial charge in [0.05, 0.1) is 17.2 Å². The van der Waals surface area contributed by atoms with Crippen molar-refractivity contribution in [2.45, 2.75) is 52.0 Å². The van der Waals surface area contributed by atoms with Crippen LogP contribution in [0.4, 0.5) is 10.9 Å². The molecule has 0 spiro atoms. The van der Waals surface area contributed by atoms with E-state index in [1.54, 1.807) is 11.3 Å². The third-order valence-electron chi connectivity index (χ3n) is 5.79. The van der Waals surface area contributed by atoms with Crippen molar-refractivity contribution in [2.75, 3.05) is 11.9 Å². The topological polar surface area (TPSA) is 58.1 Å². The van der Waals surface area contributed by atoms with Crippen LogP contribution in [0.25, 0.3) is 0 Å². The zero-order valence-electron chi connectivity index (χ0n) is 18.0. The minimum absolute atomic E-state index is 0.00186. The Hall–Kier alpha value is -2.73. The molecule has 1 aliphatic rings. The first-order chi connectivity index (χ1) is 14.3. The number of hydrogen-bond acceptors (Lipinski definition) is 5. The summed E-state index contributed by atoms with van der Waals surface area (Å²) in [4.78, 5) is 25.9. The minimum Gasteiger partial charge on any atom is -0.333 e. The molecular formula is C24H28N4OS. The number of carbonyl (C=O) groups is 1. The third kappa shape index (κ3) is 4.10. The molecule has 0 saturated carbocycles. The number of thiazole rings is 1. The van der Waals surface area contributed by atoms with E-state index in [2.05, 4.69) is 41.5 Å². The van der Waals surface area contributed by atoms with E-state index in [1.807, 2.05) is 50.1 Å². The highest BCUT2D eigenvalue weighted by Crippen LogP contribution is 2.36. The monoisotopic (exact) mass is 420 g/mol. The molecule has 3 heterocycles. The first kappa shape index (κ1) is 20.5. The van der Waals surface area contributed by atoms with Gasteiger partial charge in [-0.05, 0) is 58.2 Å². The molecule has 3 aromatic rings. The number of nitrogens with zero attached hydrogens (tertiary/aromatic N) is 3. The van der Waals surface area contributed by atoms with Gasteiger partial charge in [-0.1, -0.05) is 35.9 Å². The molecule has 1 N–H and O–H groups in total. The molecule has 4 rings (SSSR count). The number of carbonyl (C=O) groups excluding carboxylic acids is 1. The van der Waals surface area contributed by atoms with Gasteiger partial charge in [-0.2, -0.15) is 0 Å². The van der Waals surface area contributed by atoms with E-state index in [0.29, 0.717) is 0 Å². The van der Waals surface area contributed by atoms with Gasteiger partial charge < -0.3 is 10.2 Å². The van der Waals surface area contributed by atoms with Gasteiger partial charge in [0.2, 0.25) is 5.91 Å². The van der Waals surface area contributed by atoms with E-state index in [1.165, 1.54) is 5.56 Å². The van der Waals surface area contributed by atoms with Crippen molar-refractivity contribution in [1.29, 1.82) is 0 Å². The lowest BCUT2D eigenvalue weighted by Crippen LogP contribution is -2.43. The van der Waals surface area contributed by atoms with Crippen LogP contribution in [0, 0.1) is 13.8 Å². The highest BCUT2D eigenvalue weighted by Gasteiger charge is 2.39. The second kappa shape index (κ2) is 8.19. The van der Waals surface area contributed by atoms with E-state index in [0.717, 1.165) is 46.5 Å². The van der Waals surface area contributed by atoms with E-state index < -0.39 is 5.41 Å². The Kier molecular flexibility index (Phi) is 5.60. The van der Waals surface area contributed by atoms with Gasteiger partial charge in [-0.15, -0.1) is 11.3 Å². The lowest BCUT2D eigenvalue weighted by Gasteiger charge is -2.33. The number of pyridine rings is 1. The van der Waals surface area contributed by atoms with E-state index in [9.17, 15) is 4.79 Å². The van der Waals surface area contributed by atoms with Crippen molar-refractivity contribution in [2.24, 2.45) is 0 Å². The normalized spacial score (nSPS) is 16.7. The van der Waals surface area contributed by atoms with Gasteiger partial charge in [0.25, 0.3) is 0 Å². The van der Waals surface area contributed by atoms with Gasteiger partial charge in [-0.25, -0.2) is 9.97 Å². The molecule has 2 aromatic heterocycles. The molecule has 0 radical (unpaired) electrons. The number of hydrogen-bond donors (Lipinski definition) is 1. The van der Waals surface area contributed by atoms with Crippen molar-refractivity contribution in [3.05, 3.63) is 70.4 Å². The number of aryl methyl sites for hydroxylation is 2. The number of benzene rings is 1. The molecule has 156 valence electrons. The molecule has 6 heteroatoms. The standard InChI is InChI=1S/C24H28N4OS/c1-16-10-12-18(13-11-16)24(3,4)22(29)28-14-6-8-20(28)19-7-5-9-21(26-19)27-23-25-15-17(2)30-23/h5,7,9-13,15,20H,6,8,14H2,1-4H3,(H,25,26,27)/t20-/m1/s1. The van der Waals surface area contributed by atoms with Gasteiger partial charge >= 0.3 is 0 Å². The molecule has 30 heavy (non-hydrogen) atoms. The van der Waals surface area contributed by atoms with Crippen LogP contribution < -0.4 is 5.32 Å². The zero-order chi connectivity index (χ0) is 21.3. The average molecular weight is 421 g/mol. The molecule has 1 aliphatic heterocycles. The van der Waals surface area contributed by atoms with Crippen LogP contribution in [0.5, 0.6) is 0 Å². The van der Waals surface area contributed by atoms with Crippen LogP contribution in [0.2, 0.25) is 0 Å². The van der Waals surface area contributed by atoms with Crippen LogP contribution in [0.3, 0.4) is 0 Å². The summed E-state index contributed by atoms with van der Waals surface area (Å²) in [6.45, 7) is 8.90. The van der Waals surface area contributed by atoms with Crippen molar-refractivity contribution in [3.63, 3.8) is 0 Å². The highest BCUT2D eigenvalue weighted by atomic mass is 32.1. The Bertz CT molecular complexity index is 1040. The number of amides is 1. The molecule has 0 bridgehead atoms. The lowest BCUT2D eigenvalue weighted by molar-refractivity contribution is -0.137. The number of likely N-dealkylation sites (tertiary alicyclic amines) is 1. The number of nitrogens with one attached hydrogen (secondary N) is 1. The Labute approximate surface area is 182 Å². The fourth-order valence-corrected chi connectivity index (χ4v) is 4.67. The molecule has 1 atom stereocenters. The zero-order valence-corrected chi connectivity index (χ0v) is 18.8. The van der Waals surface area contributed by atoms with Gasteiger partial charge in [0.15, 0.2) is 5.13 Å². The predicted molar refractivity (Wildman–Crippen MR) is 122 cm³/mol. The van der Waals surface area contributed by atoms with Crippen LogP contribution >= 0.6 is 11.3 Å². The van der Waals surface area contributed by atoms with Gasteiger partial charge in [0.1, 0.15) is 5.82 Å². The summed E-state index contributed by atoms with van der Waals surface area (Å²) in [5, 5.41) is 4.12. The molecule has 1 aromatic carbocycles. The van der Waals surface area contributed by atoms with Gasteiger partial charge in [0, 0.05) is 17.6 Å². The SMILES string of the molecule is Cc1ccc(C(C)(C)C(=O)N2CCC[C@@H]2c2cccc(Nc3ncc(C)s3)n2)cc1. The molecule has 1 fully saturated rings. The van der Waals surface area contributed by atoms with Crippen molar-refractivity contribution in [1.82, 2.24) is 14.9 Å². The molecule has 0 aliphatic carbocycles. The van der Waals surface area contributed by atoms with Crippen LogP contribution in [-0.2, 0) is 10.2 Å². The summed E-state index contributed by atoms with van der Waals surface area (Å²) < 4.78 is 0. The fourth-order valence-electron chi connectivity index (χ4n) is 4.00. The molecule has 0 unspecified atom stereocenters. The molecule has 1 amide bonds. The van der Waals surface area contributed by atoms with Gasteiger partial charge in [-0.3, -0.25) is 4.79 Å². The van der Waals surface area contributed by atoms with Crippen LogP contribution in [0.1, 0.15) is 54.4 Å². The summed E-state index contributed by atoms with van der Waals surface area (Å²) in [6, 6.07) is 14.2. The summed E-state index contributed by atoms with van der Waals surface area (Å²) in [6.07, 6.45) is 3.77. The molecule has 1 saturated heterocycles. The number of anilines is 2. The lowest BCUT2D eigenvalue weighted by atomic mass is 9.82. The maximum absolute atomic E-state index is 13.6. The van der Waals surface area contributed by atoms with Crippen molar-refractivity contribution < 1.29 is 4.79 Å². The average Bonchev–Trinajstić information content (AvgIpc) is 3.37. The summed E-state index contributed by atoms with van der Waals surface area (Å²) in [5.41, 5.74) is 2.60. The van der Waals surface area contributed by atoms with Crippen molar-refractivity contribution in [3.8, 4) is 0 Å². The smallest absolute Gasteiger partial charge is 0.233 e. The maximum atomic E-state index is 13.6. The summed E-state index contributed by atoms with van der Waals surface area (Å²) in [7, 11) is 0. The second-order valence-electron chi connectivity index (χ2n) is 8.50. The van der Waals surface area contributed by atoms with Crippen LogP contribution in [0.15, 0.2) is 48.7 Å². The number of aromatic nitrogens is 2. The maximum Gasteiger partial charge on any atom is 0.233 e. The Morgan fingerprint density at radius 2 is 1.93 bits per heavy atom. The Balaban J connectivity index is 1.56. The van der Waals surface area contributed by atoms with E-state index in [-0.39, 0.29) is 11.9 Å². The van der Waals surface area contributed by atoms with E-state index in [4.69, 9.17) is 4.98 Å². The summed E-state index contributed by atoms with van der Waals surface area (Å²) >= 11 is 1.60. The molecular weight excluding hydrogens is 392 g/mol. The number of rotatable bonds is 5. The molecule has 5 nitrogen and oxygen atoms in total.